The average molecular weight is 265 g/mol. The second-order valence-corrected chi connectivity index (χ2v) is 3.96. The molecule has 7 N–H and O–H groups in total. The molecule has 0 spiro atoms. The lowest BCUT2D eigenvalue weighted by Gasteiger charge is -1.97. The van der Waals surface area contributed by atoms with Crippen LogP contribution in [0.1, 0.15) is 12.1 Å². The van der Waals surface area contributed by atoms with E-state index in [0.29, 0.717) is 12.8 Å². The van der Waals surface area contributed by atoms with Crippen LogP contribution in [0.5, 0.6) is 0 Å². The van der Waals surface area contributed by atoms with Gasteiger partial charge in [-0.15, -0.1) is 0 Å². The molecule has 1 rings (SSSR count). The molecule has 0 aliphatic rings. The topological polar surface area (TPSA) is 168 Å². The largest absolute Gasteiger partial charge is 0.397 e. The number of nitrogens with one attached hydrogen (secondary N) is 2. The summed E-state index contributed by atoms with van der Waals surface area (Å²) >= 11 is 0. The average Bonchev–Trinajstić information content (AvgIpc) is 2.62. The van der Waals surface area contributed by atoms with Gasteiger partial charge in [-0.25, -0.2) is 9.17 Å². The van der Waals surface area contributed by atoms with Crippen LogP contribution in [0, 0.1) is 5.41 Å². The lowest BCUT2D eigenvalue weighted by Crippen LogP contribution is -2.20. The first-order chi connectivity index (χ1) is 7.81. The zero-order valence-corrected chi connectivity index (χ0v) is 9.77. The number of hydrogen-bond donors (Lipinski definition) is 5. The summed E-state index contributed by atoms with van der Waals surface area (Å²) in [7, 11) is -4.29. The number of nitrogens with two attached hydrogens (primary N) is 2. The molecule has 0 atom stereocenters. The highest BCUT2D eigenvalue weighted by molar-refractivity contribution is 7.80. The molecule has 17 heavy (non-hydrogen) atoms. The van der Waals surface area contributed by atoms with E-state index in [1.54, 1.807) is 12.5 Å². The molecule has 0 amide bonds. The summed E-state index contributed by atoms with van der Waals surface area (Å²) in [4.78, 5) is 6.69. The van der Waals surface area contributed by atoms with Crippen molar-refractivity contribution in [2.24, 2.45) is 11.5 Å². The molecular formula is C7H15N5O4S. The number of aromatic nitrogens is 2. The second kappa shape index (κ2) is 7.60. The zero-order chi connectivity index (χ0) is 13.3. The van der Waals surface area contributed by atoms with E-state index in [-0.39, 0.29) is 12.6 Å². The Bertz CT molecular complexity index is 411. The Labute approximate surface area is 98.6 Å². The van der Waals surface area contributed by atoms with E-state index in [4.69, 9.17) is 9.96 Å². The molecule has 1 aromatic heterocycles. The van der Waals surface area contributed by atoms with Gasteiger partial charge in [-0.2, -0.15) is 8.42 Å². The van der Waals surface area contributed by atoms with Crippen LogP contribution < -0.4 is 11.5 Å². The van der Waals surface area contributed by atoms with Crippen molar-refractivity contribution in [3.05, 3.63) is 18.2 Å². The van der Waals surface area contributed by atoms with Crippen LogP contribution in [0.4, 0.5) is 0 Å². The maximum Gasteiger partial charge on any atom is 0.397 e. The van der Waals surface area contributed by atoms with Gasteiger partial charge in [0.25, 0.3) is 0 Å². The summed E-state index contributed by atoms with van der Waals surface area (Å²) in [5, 5.41) is 6.06. The first kappa shape index (κ1) is 15.3. The van der Waals surface area contributed by atoms with Gasteiger partial charge < -0.3 is 16.5 Å². The summed E-state index contributed by atoms with van der Waals surface area (Å²) < 4.78 is 32.5. The molecule has 10 heteroatoms. The van der Waals surface area contributed by atoms with E-state index in [1.807, 2.05) is 0 Å². The van der Waals surface area contributed by atoms with E-state index in [2.05, 4.69) is 25.6 Å². The molecule has 0 fully saturated rings. The van der Waals surface area contributed by atoms with Crippen LogP contribution in [-0.2, 0) is 21.0 Å². The molecule has 98 valence electrons. The van der Waals surface area contributed by atoms with Crippen molar-refractivity contribution >= 4 is 16.4 Å². The van der Waals surface area contributed by atoms with Crippen molar-refractivity contribution in [2.75, 3.05) is 6.61 Å². The fraction of sp³-hybridized carbons (Fsp3) is 0.429. The van der Waals surface area contributed by atoms with Crippen molar-refractivity contribution in [2.45, 2.75) is 12.8 Å². The molecule has 0 saturated heterocycles. The van der Waals surface area contributed by atoms with Gasteiger partial charge in [0.15, 0.2) is 5.96 Å². The van der Waals surface area contributed by atoms with Crippen LogP contribution in [0.15, 0.2) is 12.5 Å². The highest BCUT2D eigenvalue weighted by atomic mass is 32.3. The minimum absolute atomic E-state index is 0.0360. The Morgan fingerprint density at radius 2 is 2.18 bits per heavy atom. The van der Waals surface area contributed by atoms with E-state index >= 15 is 0 Å². The van der Waals surface area contributed by atoms with Crippen molar-refractivity contribution in [3.63, 3.8) is 0 Å². The number of aromatic amines is 1. The summed E-state index contributed by atoms with van der Waals surface area (Å²) in [5.41, 5.74) is 9.78. The van der Waals surface area contributed by atoms with Gasteiger partial charge in [0.2, 0.25) is 0 Å². The van der Waals surface area contributed by atoms with Gasteiger partial charge in [-0.05, 0) is 12.8 Å². The van der Waals surface area contributed by atoms with Crippen LogP contribution in [0.25, 0.3) is 0 Å². The number of aryl methyl sites for hydroxylation is 1. The Hall–Kier alpha value is -1.65. The third-order valence-corrected chi connectivity index (χ3v) is 1.83. The lowest BCUT2D eigenvalue weighted by atomic mass is 10.3. The number of hydrogen-bond acceptors (Lipinski definition) is 5. The third kappa shape index (κ3) is 12.3. The number of H-pyrrole nitrogens is 1. The summed E-state index contributed by atoms with van der Waals surface area (Å²) in [5.74, 6) is -0.333. The number of nitrogens with zero attached hydrogens (tertiary/aromatic N) is 1. The predicted molar refractivity (Wildman–Crippen MR) is 60.5 cm³/mol. The van der Waals surface area contributed by atoms with Gasteiger partial charge in [0.05, 0.1) is 18.6 Å². The molecule has 0 aliphatic carbocycles. The molecule has 0 radical (unpaired) electrons. The SMILES string of the molecule is N=C(N)N.O=S(=O)(O)OCCCc1c[nH]cn1. The van der Waals surface area contributed by atoms with Crippen LogP contribution in [-0.4, -0.2) is 35.5 Å². The molecule has 0 aromatic carbocycles. The van der Waals surface area contributed by atoms with Gasteiger partial charge in [0, 0.05) is 6.20 Å². The van der Waals surface area contributed by atoms with E-state index in [9.17, 15) is 8.42 Å². The standard InChI is InChI=1S/C6H10N2O4S.CH5N3/c9-13(10,11)12-3-1-2-6-4-7-5-8-6;2-1(3)4/h4-5H,1-3H2,(H,7,8)(H,9,10,11);(H5,2,3,4). The van der Waals surface area contributed by atoms with Crippen molar-refractivity contribution in [1.29, 1.82) is 5.41 Å². The number of rotatable bonds is 5. The summed E-state index contributed by atoms with van der Waals surface area (Å²) in [6, 6.07) is 0. The van der Waals surface area contributed by atoms with E-state index in [0.717, 1.165) is 5.69 Å². The van der Waals surface area contributed by atoms with Crippen LogP contribution >= 0.6 is 0 Å². The summed E-state index contributed by atoms with van der Waals surface area (Å²) in [6.07, 6.45) is 4.36. The summed E-state index contributed by atoms with van der Waals surface area (Å²) in [6.45, 7) is -0.0360. The third-order valence-electron chi connectivity index (χ3n) is 1.36. The molecule has 0 aliphatic heterocycles. The van der Waals surface area contributed by atoms with Crippen LogP contribution in [0.3, 0.4) is 0 Å². The van der Waals surface area contributed by atoms with Crippen molar-refractivity contribution < 1.29 is 17.2 Å². The first-order valence-electron chi connectivity index (χ1n) is 4.50. The fourth-order valence-electron chi connectivity index (χ4n) is 0.845. The smallest absolute Gasteiger partial charge is 0.370 e. The predicted octanol–water partition coefficient (Wildman–Crippen LogP) is -1.000. The molecule has 1 heterocycles. The number of guanidine groups is 1. The van der Waals surface area contributed by atoms with Gasteiger partial charge in [-0.3, -0.25) is 9.96 Å². The normalized spacial score (nSPS) is 10.4. The minimum Gasteiger partial charge on any atom is -0.370 e. The molecule has 0 bridgehead atoms. The quantitative estimate of drug-likeness (QED) is 0.197. The molecule has 0 saturated carbocycles. The zero-order valence-electron chi connectivity index (χ0n) is 8.96. The Kier molecular flexibility index (Phi) is 6.86. The lowest BCUT2D eigenvalue weighted by molar-refractivity contribution is 0.265. The van der Waals surface area contributed by atoms with E-state index < -0.39 is 10.4 Å². The molecule has 9 nitrogen and oxygen atoms in total. The van der Waals surface area contributed by atoms with Crippen molar-refractivity contribution in [1.82, 2.24) is 9.97 Å². The number of imidazole rings is 1. The first-order valence-corrected chi connectivity index (χ1v) is 5.87. The molecule has 1 aromatic rings. The van der Waals surface area contributed by atoms with Crippen LogP contribution in [0.2, 0.25) is 0 Å². The monoisotopic (exact) mass is 265 g/mol. The van der Waals surface area contributed by atoms with Gasteiger partial charge >= 0.3 is 10.4 Å². The van der Waals surface area contributed by atoms with E-state index in [1.165, 1.54) is 0 Å². The fourth-order valence-corrected chi connectivity index (χ4v) is 1.17. The van der Waals surface area contributed by atoms with Gasteiger partial charge in [-0.1, -0.05) is 0 Å². The maximum absolute atomic E-state index is 10.1. The van der Waals surface area contributed by atoms with Gasteiger partial charge in [0.1, 0.15) is 0 Å². The highest BCUT2D eigenvalue weighted by Gasteiger charge is 2.03. The minimum atomic E-state index is -4.29. The second-order valence-electron chi connectivity index (χ2n) is 2.87. The maximum atomic E-state index is 10.1. The Morgan fingerprint density at radius 3 is 2.59 bits per heavy atom. The molecule has 0 unspecified atom stereocenters. The molecular weight excluding hydrogens is 250 g/mol. The highest BCUT2D eigenvalue weighted by Crippen LogP contribution is 1.98. The van der Waals surface area contributed by atoms with Crippen molar-refractivity contribution in [3.8, 4) is 0 Å². The Morgan fingerprint density at radius 1 is 1.59 bits per heavy atom. The Balaban J connectivity index is 0.000000557.